The average molecular weight is 564 g/mol. The van der Waals surface area contributed by atoms with Gasteiger partial charge in [-0.25, -0.2) is 4.98 Å². The van der Waals surface area contributed by atoms with Crippen molar-refractivity contribution in [3.05, 3.63) is 114 Å². The first-order valence-electron chi connectivity index (χ1n) is 13.5. The highest BCUT2D eigenvalue weighted by molar-refractivity contribution is 7.26. The number of hydrogen-bond acceptors (Lipinski definition) is 3. The number of hydrogen-bond donors (Lipinski definition) is 0. The minimum absolute atomic E-state index is 0.731. The molecule has 0 saturated carbocycles. The zero-order valence-corrected chi connectivity index (χ0v) is 23.0. The topological polar surface area (TPSA) is 35.4 Å². The molecule has 0 atom stereocenters. The van der Waals surface area contributed by atoms with Gasteiger partial charge < -0.3 is 4.42 Å². The summed E-state index contributed by atoms with van der Waals surface area (Å²) in [5.41, 5.74) is 6.71. The highest BCUT2D eigenvalue weighted by atomic mass is 35.5. The van der Waals surface area contributed by atoms with E-state index in [4.69, 9.17) is 21.0 Å². The van der Waals surface area contributed by atoms with E-state index in [1.165, 1.54) is 25.6 Å². The van der Waals surface area contributed by atoms with Gasteiger partial charge in [0.05, 0.1) is 32.8 Å². The van der Waals surface area contributed by atoms with Crippen LogP contribution in [0.15, 0.2) is 114 Å². The maximum Gasteiger partial charge on any atom is 0.220 e. The van der Waals surface area contributed by atoms with E-state index in [0.29, 0.717) is 0 Å². The summed E-state index contributed by atoms with van der Waals surface area (Å²) in [5.74, 6) is 0.809. The van der Waals surface area contributed by atoms with E-state index >= 15 is 0 Å². The number of aromatic nitrogens is 3. The maximum absolute atomic E-state index is 7.37. The van der Waals surface area contributed by atoms with Gasteiger partial charge in [0.2, 0.25) is 5.78 Å². The van der Waals surface area contributed by atoms with Crippen LogP contribution in [0.2, 0.25) is 5.02 Å². The lowest BCUT2D eigenvalue weighted by molar-refractivity contribution is 0.669. The zero-order chi connectivity index (χ0) is 26.8. The fraction of sp³-hybridized carbons (Fsp3) is 0. The van der Waals surface area contributed by atoms with Gasteiger partial charge >= 0.3 is 0 Å². The van der Waals surface area contributed by atoms with Crippen LogP contribution < -0.4 is 0 Å². The van der Waals surface area contributed by atoms with Gasteiger partial charge in [-0.05, 0) is 47.9 Å². The smallest absolute Gasteiger partial charge is 0.220 e. The Bertz CT molecular complexity index is 2720. The van der Waals surface area contributed by atoms with Crippen LogP contribution in [0.5, 0.6) is 0 Å². The van der Waals surface area contributed by atoms with Crippen LogP contribution in [0.25, 0.3) is 86.4 Å². The molecule has 4 nitrogen and oxygen atoms in total. The molecule has 0 spiro atoms. The van der Waals surface area contributed by atoms with Crippen molar-refractivity contribution in [2.24, 2.45) is 0 Å². The molecular weight excluding hydrogens is 546 g/mol. The molecule has 0 saturated heterocycles. The molecule has 0 radical (unpaired) electrons. The summed E-state index contributed by atoms with van der Waals surface area (Å²) in [7, 11) is 0. The number of fused-ring (bicyclic) bond motifs is 10. The lowest BCUT2D eigenvalue weighted by atomic mass is 10.1. The molecule has 192 valence electrons. The van der Waals surface area contributed by atoms with Gasteiger partial charge in [-0.15, -0.1) is 11.3 Å². The Hall–Kier alpha value is -4.84. The van der Waals surface area contributed by atoms with E-state index < -0.39 is 0 Å². The molecule has 10 rings (SSSR count). The second-order valence-corrected chi connectivity index (χ2v) is 12.0. The number of para-hydroxylation sites is 1. The highest BCUT2D eigenvalue weighted by Gasteiger charge is 2.22. The van der Waals surface area contributed by atoms with Crippen LogP contribution in [-0.2, 0) is 0 Å². The predicted molar refractivity (Wildman–Crippen MR) is 172 cm³/mol. The summed E-state index contributed by atoms with van der Waals surface area (Å²) in [6.45, 7) is 0. The Balaban J connectivity index is 1.43. The summed E-state index contributed by atoms with van der Waals surface area (Å²) < 4.78 is 13.1. The van der Waals surface area contributed by atoms with Gasteiger partial charge in [-0.3, -0.25) is 8.97 Å². The molecule has 0 amide bonds. The molecule has 0 bridgehead atoms. The second kappa shape index (κ2) is 7.67. The van der Waals surface area contributed by atoms with Crippen molar-refractivity contribution in [3.8, 4) is 5.69 Å². The van der Waals surface area contributed by atoms with E-state index in [2.05, 4.69) is 106 Å². The van der Waals surface area contributed by atoms with Gasteiger partial charge in [0, 0.05) is 42.4 Å². The zero-order valence-electron chi connectivity index (χ0n) is 21.4. The fourth-order valence-corrected chi connectivity index (χ4v) is 8.15. The van der Waals surface area contributed by atoms with Crippen molar-refractivity contribution in [2.75, 3.05) is 0 Å². The number of imidazole rings is 1. The first kappa shape index (κ1) is 21.9. The van der Waals surface area contributed by atoms with Crippen LogP contribution in [0.1, 0.15) is 0 Å². The third-order valence-electron chi connectivity index (χ3n) is 8.38. The lowest BCUT2D eigenvalue weighted by Gasteiger charge is -2.18. The Morgan fingerprint density at radius 2 is 1.44 bits per heavy atom. The first-order valence-corrected chi connectivity index (χ1v) is 14.7. The number of thiophene rings is 1. The summed E-state index contributed by atoms with van der Waals surface area (Å²) in [6.07, 6.45) is 0. The van der Waals surface area contributed by atoms with Gasteiger partial charge in [0.15, 0.2) is 0 Å². The Morgan fingerprint density at radius 3 is 2.34 bits per heavy atom. The molecule has 0 aliphatic rings. The third-order valence-corrected chi connectivity index (χ3v) is 9.90. The quantitative estimate of drug-likeness (QED) is 0.199. The Kier molecular flexibility index (Phi) is 4.10. The van der Waals surface area contributed by atoms with Gasteiger partial charge in [0.25, 0.3) is 0 Å². The largest absolute Gasteiger partial charge is 0.456 e. The van der Waals surface area contributed by atoms with Crippen molar-refractivity contribution < 1.29 is 4.42 Å². The monoisotopic (exact) mass is 563 g/mol. The molecule has 0 fully saturated rings. The molecule has 10 aromatic rings. The number of rotatable bonds is 1. The van der Waals surface area contributed by atoms with Gasteiger partial charge in [0.1, 0.15) is 11.2 Å². The van der Waals surface area contributed by atoms with E-state index in [-0.39, 0.29) is 0 Å². The summed E-state index contributed by atoms with van der Waals surface area (Å²) >= 11 is 9.14. The van der Waals surface area contributed by atoms with Crippen LogP contribution in [0.4, 0.5) is 0 Å². The van der Waals surface area contributed by atoms with Gasteiger partial charge in [-0.2, -0.15) is 0 Å². The second-order valence-electron chi connectivity index (χ2n) is 10.5. The summed E-state index contributed by atoms with van der Waals surface area (Å²) in [6, 6.07) is 38.2. The van der Waals surface area contributed by atoms with Crippen LogP contribution in [-0.4, -0.2) is 14.0 Å². The van der Waals surface area contributed by atoms with Crippen molar-refractivity contribution in [1.29, 1.82) is 0 Å². The number of furan rings is 1. The van der Waals surface area contributed by atoms with Crippen LogP contribution >= 0.6 is 22.9 Å². The first-order chi connectivity index (χ1) is 20.2. The SMILES string of the molecule is Clc1c(-n2c3cccc4cccc(c43)n3c4cc5c(cc4nc23)oc2ccccc25)ccc2sc3ccccc3c12. The predicted octanol–water partition coefficient (Wildman–Crippen LogP) is 10.5. The molecule has 6 aromatic carbocycles. The number of nitrogens with zero attached hydrogens (tertiary/aromatic N) is 3. The van der Waals surface area contributed by atoms with E-state index in [9.17, 15) is 0 Å². The fourth-order valence-electron chi connectivity index (χ4n) is 6.63. The lowest BCUT2D eigenvalue weighted by Crippen LogP contribution is -2.06. The molecule has 4 heterocycles. The van der Waals surface area contributed by atoms with E-state index in [1.54, 1.807) is 11.3 Å². The normalized spacial score (nSPS) is 12.5. The summed E-state index contributed by atoms with van der Waals surface area (Å²) in [4.78, 5) is 5.26. The average Bonchev–Trinajstić information content (AvgIpc) is 3.68. The molecule has 6 heteroatoms. The molecule has 0 unspecified atom stereocenters. The molecule has 41 heavy (non-hydrogen) atoms. The minimum Gasteiger partial charge on any atom is -0.456 e. The highest BCUT2D eigenvalue weighted by Crippen LogP contribution is 2.43. The molecule has 4 aromatic heterocycles. The van der Waals surface area contributed by atoms with E-state index in [0.717, 1.165) is 65.9 Å². The van der Waals surface area contributed by atoms with E-state index in [1.807, 2.05) is 12.1 Å². The maximum atomic E-state index is 7.37. The molecule has 0 aliphatic heterocycles. The number of halogens is 1. The third kappa shape index (κ3) is 2.77. The Morgan fingerprint density at radius 1 is 0.634 bits per heavy atom. The van der Waals surface area contributed by atoms with Gasteiger partial charge in [-0.1, -0.05) is 72.3 Å². The van der Waals surface area contributed by atoms with Crippen LogP contribution in [0, 0.1) is 0 Å². The molecular formula is C35H18ClN3OS. The van der Waals surface area contributed by atoms with Crippen molar-refractivity contribution in [1.82, 2.24) is 14.0 Å². The summed E-state index contributed by atoms with van der Waals surface area (Å²) in [5, 5.41) is 7.52. The molecule has 0 aliphatic carbocycles. The van der Waals surface area contributed by atoms with Crippen LogP contribution in [0.3, 0.4) is 0 Å². The van der Waals surface area contributed by atoms with Crippen molar-refractivity contribution >= 4 is 104 Å². The minimum atomic E-state index is 0.731. The van der Waals surface area contributed by atoms with Crippen molar-refractivity contribution in [3.63, 3.8) is 0 Å². The van der Waals surface area contributed by atoms with Crippen molar-refractivity contribution in [2.45, 2.75) is 0 Å². The standard InChI is InChI=1S/C35H18ClN3OS/c36-34-26(15-16-31-33(34)21-10-2-4-14-30(21)41-31)38-24-11-5-7-19-8-6-12-25(32(19)24)39-27-17-22-20-9-1-3-13-28(20)40-29(22)18-23(27)37-35(38)39/h1-18H. The Labute approximate surface area is 241 Å². The number of benzene rings is 6. The molecule has 0 N–H and O–H groups in total.